The van der Waals surface area contributed by atoms with Gasteiger partial charge in [-0.2, -0.15) is 0 Å². The molecule has 0 saturated carbocycles. The molecule has 0 rings (SSSR count). The number of carbonyl (C=O) groups is 1. The van der Waals surface area contributed by atoms with Crippen molar-refractivity contribution in [1.82, 2.24) is 5.32 Å². The van der Waals surface area contributed by atoms with E-state index in [-0.39, 0.29) is 5.24 Å². The molecule has 0 fully saturated rings. The van der Waals surface area contributed by atoms with Crippen molar-refractivity contribution in [2.75, 3.05) is 12.3 Å². The lowest BCUT2D eigenvalue weighted by Crippen LogP contribution is -2.20. The number of hydrogen-bond acceptors (Lipinski definition) is 2. The number of thioether (sulfide) groups is 1. The minimum atomic E-state index is 0.146. The molecule has 3 heteroatoms. The van der Waals surface area contributed by atoms with Crippen LogP contribution < -0.4 is 5.32 Å². The molecule has 96 valence electrons. The van der Waals surface area contributed by atoms with Crippen molar-refractivity contribution in [3.05, 3.63) is 0 Å². The first-order valence-electron chi connectivity index (χ1n) is 6.43. The highest BCUT2D eigenvalue weighted by Crippen LogP contribution is 2.10. The molecule has 16 heavy (non-hydrogen) atoms. The highest BCUT2D eigenvalue weighted by atomic mass is 32.2. The van der Waals surface area contributed by atoms with Crippen LogP contribution in [-0.4, -0.2) is 17.5 Å². The second-order valence-corrected chi connectivity index (χ2v) is 6.20. The van der Waals surface area contributed by atoms with E-state index in [4.69, 9.17) is 0 Å². The zero-order valence-corrected chi connectivity index (χ0v) is 12.0. The Bertz CT molecular complexity index is 163. The van der Waals surface area contributed by atoms with E-state index in [1.54, 1.807) is 0 Å². The van der Waals surface area contributed by atoms with Crippen molar-refractivity contribution >= 4 is 17.0 Å². The number of hydrogen-bond donors (Lipinski definition) is 1. The maximum absolute atomic E-state index is 11.4. The summed E-state index contributed by atoms with van der Waals surface area (Å²) in [6.45, 7) is 9.69. The average molecular weight is 245 g/mol. The molecule has 0 radical (unpaired) electrons. The van der Waals surface area contributed by atoms with Gasteiger partial charge in [0, 0.05) is 12.3 Å². The normalized spacial score (nSPS) is 11.1. The van der Waals surface area contributed by atoms with Gasteiger partial charge in [-0.05, 0) is 31.1 Å². The van der Waals surface area contributed by atoms with Gasteiger partial charge in [0.2, 0.25) is 0 Å². The Balaban J connectivity index is 3.25. The van der Waals surface area contributed by atoms with Gasteiger partial charge in [-0.15, -0.1) is 0 Å². The molecule has 0 aliphatic rings. The Labute approximate surface area is 105 Å². The van der Waals surface area contributed by atoms with E-state index < -0.39 is 0 Å². The molecule has 0 aliphatic carbocycles. The number of carbonyl (C=O) groups excluding carboxylic acids is 1. The van der Waals surface area contributed by atoms with Crippen LogP contribution in [0.1, 0.15) is 53.4 Å². The lowest BCUT2D eigenvalue weighted by atomic mass is 10.1. The molecule has 0 aromatic carbocycles. The Morgan fingerprint density at radius 2 is 1.62 bits per heavy atom. The SMILES string of the molecule is CC(C)CCCNC(=O)SCCCC(C)C. The first kappa shape index (κ1) is 15.8. The Morgan fingerprint density at radius 3 is 2.19 bits per heavy atom. The molecule has 1 amide bonds. The molecule has 0 atom stereocenters. The van der Waals surface area contributed by atoms with Crippen LogP contribution in [0.4, 0.5) is 4.79 Å². The molecular formula is C13H27NOS. The van der Waals surface area contributed by atoms with Crippen molar-refractivity contribution < 1.29 is 4.79 Å². The summed E-state index contributed by atoms with van der Waals surface area (Å²) in [4.78, 5) is 11.4. The smallest absolute Gasteiger partial charge is 0.279 e. The molecule has 0 aromatic heterocycles. The van der Waals surface area contributed by atoms with Crippen molar-refractivity contribution in [1.29, 1.82) is 0 Å². The second-order valence-electron chi connectivity index (χ2n) is 5.13. The van der Waals surface area contributed by atoms with Crippen molar-refractivity contribution in [3.63, 3.8) is 0 Å². The largest absolute Gasteiger partial charge is 0.347 e. The van der Waals surface area contributed by atoms with Gasteiger partial charge in [-0.3, -0.25) is 4.79 Å². The predicted molar refractivity (Wildman–Crippen MR) is 74.0 cm³/mol. The Morgan fingerprint density at radius 1 is 1.06 bits per heavy atom. The molecule has 0 spiro atoms. The molecule has 1 N–H and O–H groups in total. The molecule has 0 heterocycles. The first-order valence-corrected chi connectivity index (χ1v) is 7.41. The van der Waals surface area contributed by atoms with Crippen LogP contribution in [0.25, 0.3) is 0 Å². The second kappa shape index (κ2) is 10.0. The fourth-order valence-electron chi connectivity index (χ4n) is 1.41. The van der Waals surface area contributed by atoms with Crippen LogP contribution in [0.15, 0.2) is 0 Å². The standard InChI is InChI=1S/C13H27NOS/c1-11(2)7-5-9-14-13(15)16-10-6-8-12(3)4/h11-12H,5-10H2,1-4H3,(H,14,15). The van der Waals surface area contributed by atoms with Gasteiger partial charge < -0.3 is 5.32 Å². The zero-order valence-electron chi connectivity index (χ0n) is 11.2. The fourth-order valence-corrected chi connectivity index (χ4v) is 2.11. The van der Waals surface area contributed by atoms with Crippen LogP contribution in [0.3, 0.4) is 0 Å². The van der Waals surface area contributed by atoms with E-state index in [2.05, 4.69) is 33.0 Å². The number of rotatable bonds is 8. The maximum Gasteiger partial charge on any atom is 0.279 e. The van der Waals surface area contributed by atoms with Crippen LogP contribution in [0.5, 0.6) is 0 Å². The Hall–Kier alpha value is -0.180. The lowest BCUT2D eigenvalue weighted by Gasteiger charge is -2.07. The monoisotopic (exact) mass is 245 g/mol. The quantitative estimate of drug-likeness (QED) is 0.646. The molecule has 0 aliphatic heterocycles. The summed E-state index contributed by atoms with van der Waals surface area (Å²) in [6.07, 6.45) is 4.64. The van der Waals surface area contributed by atoms with E-state index in [9.17, 15) is 4.79 Å². The van der Waals surface area contributed by atoms with Crippen LogP contribution in [0, 0.1) is 11.8 Å². The van der Waals surface area contributed by atoms with Gasteiger partial charge in [-0.1, -0.05) is 45.9 Å². The molecule has 0 saturated heterocycles. The van der Waals surface area contributed by atoms with E-state index in [1.165, 1.54) is 24.6 Å². The van der Waals surface area contributed by atoms with Gasteiger partial charge in [0.25, 0.3) is 5.24 Å². The third kappa shape index (κ3) is 11.9. The van der Waals surface area contributed by atoms with E-state index in [1.807, 2.05) is 0 Å². The molecule has 0 unspecified atom stereocenters. The lowest BCUT2D eigenvalue weighted by molar-refractivity contribution is 0.260. The topological polar surface area (TPSA) is 29.1 Å². The average Bonchev–Trinajstić information content (AvgIpc) is 2.19. The van der Waals surface area contributed by atoms with Gasteiger partial charge in [0.15, 0.2) is 0 Å². The van der Waals surface area contributed by atoms with Crippen molar-refractivity contribution in [2.24, 2.45) is 11.8 Å². The van der Waals surface area contributed by atoms with Crippen LogP contribution in [-0.2, 0) is 0 Å². The summed E-state index contributed by atoms with van der Waals surface area (Å²) in [7, 11) is 0. The van der Waals surface area contributed by atoms with Gasteiger partial charge in [0.1, 0.15) is 0 Å². The molecule has 0 bridgehead atoms. The Kier molecular flexibility index (Phi) is 9.89. The third-order valence-corrected chi connectivity index (χ3v) is 3.29. The van der Waals surface area contributed by atoms with Gasteiger partial charge >= 0.3 is 0 Å². The summed E-state index contributed by atoms with van der Waals surface area (Å²) in [6, 6.07) is 0. The van der Waals surface area contributed by atoms with E-state index in [0.717, 1.165) is 37.0 Å². The van der Waals surface area contributed by atoms with Crippen LogP contribution in [0.2, 0.25) is 0 Å². The zero-order chi connectivity index (χ0) is 12.4. The highest BCUT2D eigenvalue weighted by Gasteiger charge is 2.02. The highest BCUT2D eigenvalue weighted by molar-refractivity contribution is 8.13. The maximum atomic E-state index is 11.4. The summed E-state index contributed by atoms with van der Waals surface area (Å²) in [5, 5.41) is 3.10. The number of nitrogens with one attached hydrogen (secondary N) is 1. The summed E-state index contributed by atoms with van der Waals surface area (Å²) in [5.41, 5.74) is 0. The summed E-state index contributed by atoms with van der Waals surface area (Å²) >= 11 is 1.43. The van der Waals surface area contributed by atoms with Gasteiger partial charge in [-0.25, -0.2) is 0 Å². The predicted octanol–water partition coefficient (Wildman–Crippen LogP) is 4.30. The molecule has 0 aromatic rings. The van der Waals surface area contributed by atoms with Crippen LogP contribution >= 0.6 is 11.8 Å². The van der Waals surface area contributed by atoms with Crippen molar-refractivity contribution in [2.45, 2.75) is 53.4 Å². The third-order valence-electron chi connectivity index (χ3n) is 2.39. The minimum absolute atomic E-state index is 0.146. The van der Waals surface area contributed by atoms with E-state index >= 15 is 0 Å². The summed E-state index contributed by atoms with van der Waals surface area (Å²) < 4.78 is 0. The number of amides is 1. The van der Waals surface area contributed by atoms with Crippen molar-refractivity contribution in [3.8, 4) is 0 Å². The first-order chi connectivity index (χ1) is 7.52. The molecular weight excluding hydrogens is 218 g/mol. The minimum Gasteiger partial charge on any atom is -0.347 e. The summed E-state index contributed by atoms with van der Waals surface area (Å²) in [5.74, 6) is 2.43. The fraction of sp³-hybridized carbons (Fsp3) is 0.923. The molecule has 2 nitrogen and oxygen atoms in total. The van der Waals surface area contributed by atoms with E-state index in [0.29, 0.717) is 0 Å². The van der Waals surface area contributed by atoms with Gasteiger partial charge in [0.05, 0.1) is 0 Å².